The molecule has 3 aromatic heterocycles. The van der Waals surface area contributed by atoms with Gasteiger partial charge in [0.25, 0.3) is 0 Å². The molecule has 0 aromatic carbocycles. The summed E-state index contributed by atoms with van der Waals surface area (Å²) in [6, 6.07) is 5.01. The minimum absolute atomic E-state index is 0.192. The van der Waals surface area contributed by atoms with E-state index in [1.54, 1.807) is 27.9 Å². The fourth-order valence-corrected chi connectivity index (χ4v) is 3.70. The van der Waals surface area contributed by atoms with Gasteiger partial charge in [-0.3, -0.25) is 4.90 Å². The van der Waals surface area contributed by atoms with Crippen molar-refractivity contribution in [1.82, 2.24) is 19.6 Å². The Labute approximate surface area is 194 Å². The summed E-state index contributed by atoms with van der Waals surface area (Å²) >= 11 is 6.42. The molecule has 1 amide bonds. The number of hydrogen-bond donors (Lipinski definition) is 0. The average Bonchev–Trinajstić information content (AvgIpc) is 3.10. The van der Waals surface area contributed by atoms with Crippen LogP contribution in [-0.2, 0) is 4.74 Å². The second kappa shape index (κ2) is 8.94. The Kier molecular flexibility index (Phi) is 6.64. The quantitative estimate of drug-likeness (QED) is 0.472. The Balaban J connectivity index is 2.24. The molecule has 0 spiro atoms. The van der Waals surface area contributed by atoms with Crippen molar-refractivity contribution >= 4 is 35.0 Å². The Morgan fingerprint density at radius 1 is 1.19 bits per heavy atom. The number of fused-ring (bicyclic) bond motifs is 1. The highest BCUT2D eigenvalue weighted by Crippen LogP contribution is 2.35. The number of pyridine rings is 1. The zero-order valence-corrected chi connectivity index (χ0v) is 20.7. The van der Waals surface area contributed by atoms with Crippen molar-refractivity contribution in [2.75, 3.05) is 23.9 Å². The number of hydrogen-bond acceptors (Lipinski definition) is 6. The summed E-state index contributed by atoms with van der Waals surface area (Å²) in [5, 5.41) is 4.81. The lowest BCUT2D eigenvalue weighted by Crippen LogP contribution is -2.40. The zero-order valence-electron chi connectivity index (χ0n) is 19.9. The normalized spacial score (nSPS) is 12.8. The molecule has 0 saturated carbocycles. The molecule has 0 aliphatic rings. The third-order valence-electron chi connectivity index (χ3n) is 4.99. The van der Waals surface area contributed by atoms with Crippen LogP contribution in [0.25, 0.3) is 5.65 Å². The summed E-state index contributed by atoms with van der Waals surface area (Å²) in [7, 11) is 3.83. The summed E-state index contributed by atoms with van der Waals surface area (Å²) < 4.78 is 7.43. The van der Waals surface area contributed by atoms with Crippen molar-refractivity contribution < 1.29 is 9.53 Å². The number of nitrogens with zero attached hydrogens (tertiary/aromatic N) is 6. The van der Waals surface area contributed by atoms with Gasteiger partial charge in [-0.2, -0.15) is 9.61 Å². The molecule has 3 aromatic rings. The van der Waals surface area contributed by atoms with Crippen molar-refractivity contribution in [3.05, 3.63) is 46.9 Å². The van der Waals surface area contributed by atoms with Crippen molar-refractivity contribution in [3.8, 4) is 0 Å². The predicted molar refractivity (Wildman–Crippen MR) is 128 cm³/mol. The highest BCUT2D eigenvalue weighted by molar-refractivity contribution is 6.29. The van der Waals surface area contributed by atoms with Gasteiger partial charge in [0.1, 0.15) is 22.4 Å². The lowest BCUT2D eigenvalue weighted by Gasteiger charge is -2.33. The number of ether oxygens (including phenoxy) is 1. The summed E-state index contributed by atoms with van der Waals surface area (Å²) in [5.41, 5.74) is 1.74. The Bertz CT molecular complexity index is 1120. The van der Waals surface area contributed by atoms with Crippen LogP contribution in [0.2, 0.25) is 5.15 Å². The summed E-state index contributed by atoms with van der Waals surface area (Å²) in [5.74, 6) is 1.42. The molecule has 3 heterocycles. The van der Waals surface area contributed by atoms with E-state index in [1.807, 2.05) is 58.8 Å². The number of rotatable bonds is 5. The van der Waals surface area contributed by atoms with Gasteiger partial charge in [0.05, 0.1) is 12.2 Å². The van der Waals surface area contributed by atoms with Gasteiger partial charge in [-0.25, -0.2) is 14.8 Å². The summed E-state index contributed by atoms with van der Waals surface area (Å²) in [6.45, 7) is 11.6. The SMILES string of the molecule is CC(C)c1cnn2c(N(C(=O)OC(C)(C)C)C(C)c3cccnc3N(C)C)cc(Cl)nc12. The third-order valence-corrected chi connectivity index (χ3v) is 5.18. The molecule has 0 bridgehead atoms. The largest absolute Gasteiger partial charge is 0.443 e. The molecule has 0 N–H and O–H groups in total. The van der Waals surface area contributed by atoms with Gasteiger partial charge in [0.2, 0.25) is 0 Å². The van der Waals surface area contributed by atoms with Crippen LogP contribution in [0.5, 0.6) is 0 Å². The van der Waals surface area contributed by atoms with Gasteiger partial charge in [0.15, 0.2) is 5.65 Å². The smallest absolute Gasteiger partial charge is 0.416 e. The fourth-order valence-electron chi connectivity index (χ4n) is 3.52. The van der Waals surface area contributed by atoms with Crippen LogP contribution in [-0.4, -0.2) is 45.4 Å². The van der Waals surface area contributed by atoms with Crippen molar-refractivity contribution in [1.29, 1.82) is 0 Å². The van der Waals surface area contributed by atoms with Crippen LogP contribution in [0, 0.1) is 0 Å². The topological polar surface area (TPSA) is 75.9 Å². The molecule has 3 rings (SSSR count). The second-order valence-electron chi connectivity index (χ2n) is 9.26. The molecular formula is C23H31ClN6O2. The van der Waals surface area contributed by atoms with E-state index in [4.69, 9.17) is 16.3 Å². The molecule has 8 nitrogen and oxygen atoms in total. The van der Waals surface area contributed by atoms with E-state index < -0.39 is 17.7 Å². The Morgan fingerprint density at radius 2 is 1.88 bits per heavy atom. The predicted octanol–water partition coefficient (Wildman–Crippen LogP) is 5.47. The van der Waals surface area contributed by atoms with Crippen LogP contribution in [0.3, 0.4) is 0 Å². The molecule has 0 radical (unpaired) electrons. The van der Waals surface area contributed by atoms with Crippen LogP contribution in [0.15, 0.2) is 30.6 Å². The van der Waals surface area contributed by atoms with Crippen molar-refractivity contribution in [2.45, 2.75) is 59.1 Å². The minimum atomic E-state index is -0.683. The molecule has 1 atom stereocenters. The molecule has 0 aliphatic heterocycles. The maximum absolute atomic E-state index is 13.5. The van der Waals surface area contributed by atoms with Gasteiger partial charge in [0, 0.05) is 37.5 Å². The maximum Gasteiger partial charge on any atom is 0.416 e. The first kappa shape index (κ1) is 23.8. The standard InChI is InChI=1S/C23H31ClN6O2/c1-14(2)17-13-26-30-19(12-18(24)27-21(17)30)29(22(31)32-23(4,5)6)15(3)16-10-9-11-25-20(16)28(7)8/h9-15H,1-8H3. The maximum atomic E-state index is 13.5. The second-order valence-corrected chi connectivity index (χ2v) is 9.65. The first-order chi connectivity index (χ1) is 14.9. The van der Waals surface area contributed by atoms with Crippen LogP contribution in [0.4, 0.5) is 16.4 Å². The average molecular weight is 459 g/mol. The van der Waals surface area contributed by atoms with Gasteiger partial charge in [-0.1, -0.05) is 31.5 Å². The van der Waals surface area contributed by atoms with E-state index in [0.717, 1.165) is 16.9 Å². The molecule has 0 fully saturated rings. The van der Waals surface area contributed by atoms with Gasteiger partial charge in [-0.05, 0) is 39.7 Å². The number of halogens is 1. The third kappa shape index (κ3) is 4.80. The number of carbonyl (C=O) groups is 1. The molecule has 9 heteroatoms. The monoisotopic (exact) mass is 458 g/mol. The van der Waals surface area contributed by atoms with Crippen molar-refractivity contribution in [3.63, 3.8) is 0 Å². The number of amides is 1. The fraction of sp³-hybridized carbons (Fsp3) is 0.478. The first-order valence-electron chi connectivity index (χ1n) is 10.6. The molecule has 0 saturated heterocycles. The minimum Gasteiger partial charge on any atom is -0.443 e. The molecule has 172 valence electrons. The van der Waals surface area contributed by atoms with E-state index in [0.29, 0.717) is 11.5 Å². The zero-order chi connectivity index (χ0) is 23.8. The van der Waals surface area contributed by atoms with E-state index in [-0.39, 0.29) is 11.1 Å². The Morgan fingerprint density at radius 3 is 2.47 bits per heavy atom. The van der Waals surface area contributed by atoms with Gasteiger partial charge < -0.3 is 9.64 Å². The highest BCUT2D eigenvalue weighted by atomic mass is 35.5. The van der Waals surface area contributed by atoms with E-state index in [1.165, 1.54) is 0 Å². The lowest BCUT2D eigenvalue weighted by atomic mass is 10.1. The number of carbonyl (C=O) groups excluding carboxylic acids is 1. The molecular weight excluding hydrogens is 428 g/mol. The molecule has 1 unspecified atom stereocenters. The van der Waals surface area contributed by atoms with E-state index >= 15 is 0 Å². The van der Waals surface area contributed by atoms with E-state index in [2.05, 4.69) is 28.9 Å². The van der Waals surface area contributed by atoms with Crippen LogP contribution < -0.4 is 9.80 Å². The molecule has 32 heavy (non-hydrogen) atoms. The van der Waals surface area contributed by atoms with Gasteiger partial charge >= 0.3 is 6.09 Å². The highest BCUT2D eigenvalue weighted by Gasteiger charge is 2.33. The number of aromatic nitrogens is 4. The first-order valence-corrected chi connectivity index (χ1v) is 11.0. The van der Waals surface area contributed by atoms with Gasteiger partial charge in [-0.15, -0.1) is 0 Å². The summed E-state index contributed by atoms with van der Waals surface area (Å²) in [4.78, 5) is 26.0. The van der Waals surface area contributed by atoms with Crippen molar-refractivity contribution in [2.24, 2.45) is 0 Å². The lowest BCUT2D eigenvalue weighted by molar-refractivity contribution is 0.0565. The molecule has 0 aliphatic carbocycles. The van der Waals surface area contributed by atoms with E-state index in [9.17, 15) is 4.79 Å². The summed E-state index contributed by atoms with van der Waals surface area (Å²) in [6.07, 6.45) is 2.98. The number of anilines is 2. The Hall–Kier alpha value is -2.87. The van der Waals surface area contributed by atoms with Crippen LogP contribution >= 0.6 is 11.6 Å². The van der Waals surface area contributed by atoms with Crippen LogP contribution in [0.1, 0.15) is 64.6 Å².